The number of rotatable bonds is 6. The maximum Gasteiger partial charge on any atom is 0.308 e. The molecule has 44 heavy (non-hydrogen) atoms. The smallest absolute Gasteiger partial charge is 0.308 e. The SMILES string of the molecule is COc1ccc(NC(=O)Cn2c3c(sc2=O)[C@@H](c2ccc(C(C)(C)C)cc2)C2C(=O)N(c4ccc(Br)cc4)C(=O)C2S3)cc1. The lowest BCUT2D eigenvalue weighted by atomic mass is 9.81. The van der Waals surface area contributed by atoms with Crippen molar-refractivity contribution in [3.8, 4) is 5.75 Å². The lowest BCUT2D eigenvalue weighted by Crippen LogP contribution is -2.33. The minimum atomic E-state index is -0.754. The molecule has 1 aromatic heterocycles. The van der Waals surface area contributed by atoms with Crippen LogP contribution in [0.5, 0.6) is 5.75 Å². The number of hydrogen-bond acceptors (Lipinski definition) is 7. The third-order valence-corrected chi connectivity index (χ3v) is 11.1. The zero-order valence-electron chi connectivity index (χ0n) is 24.5. The van der Waals surface area contributed by atoms with E-state index >= 15 is 0 Å². The molecular formula is C33H30BrN3O5S2. The van der Waals surface area contributed by atoms with Crippen molar-refractivity contribution in [3.05, 3.63) is 103 Å². The lowest BCUT2D eigenvalue weighted by molar-refractivity contribution is -0.122. The molecule has 2 aliphatic rings. The fraction of sp³-hybridized carbons (Fsp3) is 0.273. The van der Waals surface area contributed by atoms with Crippen LogP contribution in [0.2, 0.25) is 0 Å². The average molecular weight is 693 g/mol. The Kier molecular flexibility index (Phi) is 8.06. The maximum absolute atomic E-state index is 14.1. The number of imide groups is 1. The third-order valence-electron chi connectivity index (χ3n) is 7.95. The Balaban J connectivity index is 1.40. The van der Waals surface area contributed by atoms with Gasteiger partial charge in [-0.15, -0.1) is 0 Å². The van der Waals surface area contributed by atoms with Gasteiger partial charge < -0.3 is 10.1 Å². The van der Waals surface area contributed by atoms with Gasteiger partial charge in [0.25, 0.3) is 0 Å². The third kappa shape index (κ3) is 5.52. The highest BCUT2D eigenvalue weighted by Crippen LogP contribution is 2.54. The first-order chi connectivity index (χ1) is 21.0. The van der Waals surface area contributed by atoms with E-state index in [4.69, 9.17) is 4.74 Å². The number of fused-ring (bicyclic) bond motifs is 2. The number of halogens is 1. The molecule has 8 nitrogen and oxygen atoms in total. The summed E-state index contributed by atoms with van der Waals surface area (Å²) in [5, 5.41) is 2.63. The van der Waals surface area contributed by atoms with Crippen molar-refractivity contribution in [1.29, 1.82) is 0 Å². The van der Waals surface area contributed by atoms with E-state index in [1.807, 2.05) is 24.3 Å². The van der Waals surface area contributed by atoms with Gasteiger partial charge in [0.1, 0.15) is 17.5 Å². The molecule has 6 rings (SSSR count). The number of ether oxygens (including phenoxy) is 1. The van der Waals surface area contributed by atoms with Crippen LogP contribution in [0.25, 0.3) is 0 Å². The molecule has 4 aromatic rings. The molecule has 1 N–H and O–H groups in total. The summed E-state index contributed by atoms with van der Waals surface area (Å²) < 4.78 is 7.44. The van der Waals surface area contributed by atoms with E-state index < -0.39 is 17.1 Å². The van der Waals surface area contributed by atoms with Crippen LogP contribution in [0.15, 0.2) is 87.1 Å². The van der Waals surface area contributed by atoms with Crippen molar-refractivity contribution in [3.63, 3.8) is 0 Å². The molecule has 1 fully saturated rings. The van der Waals surface area contributed by atoms with Gasteiger partial charge in [0.15, 0.2) is 0 Å². The number of benzene rings is 3. The van der Waals surface area contributed by atoms with E-state index in [1.54, 1.807) is 55.6 Å². The number of carbonyl (C=O) groups excluding carboxylic acids is 3. The first-order valence-corrected chi connectivity index (χ1v) is 16.5. The van der Waals surface area contributed by atoms with E-state index in [0.717, 1.165) is 26.9 Å². The number of carbonyl (C=O) groups is 3. The van der Waals surface area contributed by atoms with E-state index in [0.29, 0.717) is 27.0 Å². The van der Waals surface area contributed by atoms with Gasteiger partial charge in [-0.3, -0.25) is 23.7 Å². The van der Waals surface area contributed by atoms with Gasteiger partial charge in [-0.2, -0.15) is 0 Å². The Labute approximate surface area is 271 Å². The predicted molar refractivity (Wildman–Crippen MR) is 177 cm³/mol. The summed E-state index contributed by atoms with van der Waals surface area (Å²) in [4.78, 5) is 56.2. The minimum absolute atomic E-state index is 0.0719. The van der Waals surface area contributed by atoms with Crippen molar-refractivity contribution < 1.29 is 19.1 Å². The second kappa shape index (κ2) is 11.7. The van der Waals surface area contributed by atoms with Crippen LogP contribution in [0, 0.1) is 5.92 Å². The Morgan fingerprint density at radius 3 is 2.20 bits per heavy atom. The molecule has 0 bridgehead atoms. The summed E-state index contributed by atoms with van der Waals surface area (Å²) in [6, 6.07) is 22.1. The van der Waals surface area contributed by atoms with Crippen molar-refractivity contribution >= 4 is 68.1 Å². The molecule has 3 atom stereocenters. The van der Waals surface area contributed by atoms with Crippen LogP contribution in [0.3, 0.4) is 0 Å². The van der Waals surface area contributed by atoms with Gasteiger partial charge in [0.05, 0.1) is 23.7 Å². The number of amides is 3. The fourth-order valence-corrected chi connectivity index (χ4v) is 8.71. The van der Waals surface area contributed by atoms with Crippen LogP contribution in [0.1, 0.15) is 42.7 Å². The van der Waals surface area contributed by atoms with E-state index in [-0.39, 0.29) is 34.6 Å². The largest absolute Gasteiger partial charge is 0.497 e. The standard InChI is InChI=1S/C33H30BrN3O5S2/c1-33(2,3)19-7-5-18(6-8-19)25-26-27(30(40)37(29(26)39)22-13-9-20(34)10-14-22)43-31-28(25)44-32(41)36(31)17-24(38)35-21-11-15-23(42-4)16-12-21/h5-16,25-27H,17H2,1-4H3,(H,35,38)/t25-,26?,27?/m0/s1. The highest BCUT2D eigenvalue weighted by molar-refractivity contribution is 9.10. The molecule has 2 aliphatic heterocycles. The molecule has 0 radical (unpaired) electrons. The van der Waals surface area contributed by atoms with Gasteiger partial charge in [-0.1, -0.05) is 84.1 Å². The van der Waals surface area contributed by atoms with Crippen LogP contribution in [0.4, 0.5) is 11.4 Å². The monoisotopic (exact) mass is 691 g/mol. The van der Waals surface area contributed by atoms with Crippen LogP contribution < -0.4 is 19.8 Å². The number of thiazole rings is 1. The van der Waals surface area contributed by atoms with Gasteiger partial charge in [0, 0.05) is 21.0 Å². The Morgan fingerprint density at radius 1 is 0.932 bits per heavy atom. The minimum Gasteiger partial charge on any atom is -0.497 e. The second-order valence-corrected chi connectivity index (χ2v) is 14.8. The topological polar surface area (TPSA) is 97.7 Å². The molecule has 3 heterocycles. The highest BCUT2D eigenvalue weighted by Gasteiger charge is 2.56. The summed E-state index contributed by atoms with van der Waals surface area (Å²) in [6.45, 7) is 6.16. The van der Waals surface area contributed by atoms with E-state index in [9.17, 15) is 19.2 Å². The number of aromatic nitrogens is 1. The number of methoxy groups -OCH3 is 1. The van der Waals surface area contributed by atoms with Crippen molar-refractivity contribution in [2.75, 3.05) is 17.3 Å². The number of anilines is 2. The van der Waals surface area contributed by atoms with Gasteiger partial charge in [-0.05, 0) is 65.1 Å². The predicted octanol–water partition coefficient (Wildman–Crippen LogP) is 6.41. The summed E-state index contributed by atoms with van der Waals surface area (Å²) in [5.74, 6) is -1.57. The lowest BCUT2D eigenvalue weighted by Gasteiger charge is -2.31. The highest BCUT2D eigenvalue weighted by atomic mass is 79.9. The molecule has 0 saturated carbocycles. The Bertz CT molecular complexity index is 1810. The first kappa shape index (κ1) is 30.4. The molecule has 0 spiro atoms. The van der Waals surface area contributed by atoms with Crippen LogP contribution >= 0.6 is 39.0 Å². The Morgan fingerprint density at radius 2 is 1.59 bits per heavy atom. The van der Waals surface area contributed by atoms with Crippen molar-refractivity contribution in [2.45, 2.75) is 48.9 Å². The van der Waals surface area contributed by atoms with E-state index in [1.165, 1.54) is 21.2 Å². The average Bonchev–Trinajstić information content (AvgIpc) is 3.43. The summed E-state index contributed by atoms with van der Waals surface area (Å²) in [7, 11) is 1.56. The second-order valence-electron chi connectivity index (χ2n) is 11.8. The molecule has 1 saturated heterocycles. The van der Waals surface area contributed by atoms with Crippen molar-refractivity contribution in [1.82, 2.24) is 4.57 Å². The van der Waals surface area contributed by atoms with Gasteiger partial charge in [-0.25, -0.2) is 4.90 Å². The Hall–Kier alpha value is -3.67. The normalized spacial score (nSPS) is 19.5. The number of nitrogens with one attached hydrogen (secondary N) is 1. The van der Waals surface area contributed by atoms with Crippen molar-refractivity contribution in [2.24, 2.45) is 5.92 Å². The fourth-order valence-electron chi connectivity index (χ4n) is 5.67. The zero-order valence-corrected chi connectivity index (χ0v) is 27.7. The summed E-state index contributed by atoms with van der Waals surface area (Å²) in [5.41, 5.74) is 2.98. The zero-order chi connectivity index (χ0) is 31.3. The molecule has 3 aromatic carbocycles. The molecule has 0 aliphatic carbocycles. The summed E-state index contributed by atoms with van der Waals surface area (Å²) in [6.07, 6.45) is 0. The molecule has 226 valence electrons. The quantitative estimate of drug-likeness (QED) is 0.235. The number of nitrogens with zero attached hydrogens (tertiary/aromatic N) is 2. The molecular weight excluding hydrogens is 662 g/mol. The first-order valence-electron chi connectivity index (χ1n) is 14.0. The molecule has 3 amide bonds. The molecule has 11 heteroatoms. The van der Waals surface area contributed by atoms with Gasteiger partial charge >= 0.3 is 4.87 Å². The van der Waals surface area contributed by atoms with Gasteiger partial charge in [0.2, 0.25) is 17.7 Å². The molecule has 2 unspecified atom stereocenters. The maximum atomic E-state index is 14.1. The van der Waals surface area contributed by atoms with E-state index in [2.05, 4.69) is 42.0 Å². The number of thioether (sulfide) groups is 1. The summed E-state index contributed by atoms with van der Waals surface area (Å²) >= 11 is 5.66. The van der Waals surface area contributed by atoms with Crippen LogP contribution in [-0.2, 0) is 26.3 Å². The van der Waals surface area contributed by atoms with Crippen LogP contribution in [-0.4, -0.2) is 34.6 Å². The number of hydrogen-bond donors (Lipinski definition) is 1.